The van der Waals surface area contributed by atoms with Gasteiger partial charge in [-0.3, -0.25) is 9.59 Å². The number of carbonyl (C=O) groups excluding carboxylic acids is 1. The second-order valence-electron chi connectivity index (χ2n) is 5.90. The van der Waals surface area contributed by atoms with E-state index in [2.05, 4.69) is 4.98 Å². The minimum absolute atomic E-state index is 0.0578. The molecular formula is C17H20N2O2S. The van der Waals surface area contributed by atoms with Crippen LogP contribution in [0.2, 0.25) is 0 Å². The molecule has 0 unspecified atom stereocenters. The highest BCUT2D eigenvalue weighted by atomic mass is 32.1. The van der Waals surface area contributed by atoms with Gasteiger partial charge in [-0.25, -0.2) is 0 Å². The Balaban J connectivity index is 1.48. The summed E-state index contributed by atoms with van der Waals surface area (Å²) in [7, 11) is 0. The molecule has 1 fully saturated rings. The first-order valence-corrected chi connectivity index (χ1v) is 8.61. The molecule has 0 radical (unpaired) electrons. The Morgan fingerprint density at radius 1 is 1.23 bits per heavy atom. The predicted octanol–water partition coefficient (Wildman–Crippen LogP) is 2.46. The lowest BCUT2D eigenvalue weighted by Gasteiger charge is -2.32. The molecule has 22 heavy (non-hydrogen) atoms. The monoisotopic (exact) mass is 316 g/mol. The van der Waals surface area contributed by atoms with Crippen molar-refractivity contribution >= 4 is 17.2 Å². The summed E-state index contributed by atoms with van der Waals surface area (Å²) < 4.78 is 0. The van der Waals surface area contributed by atoms with Crippen molar-refractivity contribution in [3.8, 4) is 0 Å². The smallest absolute Gasteiger partial charge is 0.247 e. The van der Waals surface area contributed by atoms with E-state index in [9.17, 15) is 9.59 Å². The first-order chi connectivity index (χ1) is 10.7. The maximum absolute atomic E-state index is 12.3. The minimum atomic E-state index is -0.0578. The quantitative estimate of drug-likeness (QED) is 0.942. The highest BCUT2D eigenvalue weighted by Gasteiger charge is 2.23. The number of aromatic nitrogens is 1. The standard InChI is InChI=1S/C17H20N2O2S/c20-16-2-1-14(11-18-16)9-13-3-6-19(7-4-13)17(21)10-15-5-8-22-12-15/h1-2,5,8,11-13H,3-4,6-7,9-10H2,(H,18,20). The topological polar surface area (TPSA) is 53.2 Å². The number of hydrogen-bond donors (Lipinski definition) is 1. The molecule has 1 N–H and O–H groups in total. The second-order valence-corrected chi connectivity index (χ2v) is 6.68. The van der Waals surface area contributed by atoms with Gasteiger partial charge in [-0.15, -0.1) is 0 Å². The van der Waals surface area contributed by atoms with E-state index in [1.54, 1.807) is 23.6 Å². The Labute approximate surface area is 133 Å². The summed E-state index contributed by atoms with van der Waals surface area (Å²) in [4.78, 5) is 28.0. The van der Waals surface area contributed by atoms with Crippen molar-refractivity contribution in [3.05, 3.63) is 56.6 Å². The molecule has 116 valence electrons. The zero-order chi connectivity index (χ0) is 15.4. The van der Waals surface area contributed by atoms with Crippen LogP contribution in [0, 0.1) is 5.92 Å². The maximum atomic E-state index is 12.3. The number of rotatable bonds is 4. The largest absolute Gasteiger partial charge is 0.342 e. The lowest BCUT2D eigenvalue weighted by Crippen LogP contribution is -2.39. The third-order valence-electron chi connectivity index (χ3n) is 4.28. The molecule has 0 saturated carbocycles. The van der Waals surface area contributed by atoms with E-state index in [0.717, 1.165) is 37.9 Å². The Hall–Kier alpha value is -1.88. The van der Waals surface area contributed by atoms with Crippen LogP contribution < -0.4 is 5.56 Å². The number of likely N-dealkylation sites (tertiary alicyclic amines) is 1. The summed E-state index contributed by atoms with van der Waals surface area (Å²) in [6, 6.07) is 5.49. The van der Waals surface area contributed by atoms with Crippen molar-refractivity contribution in [2.75, 3.05) is 13.1 Å². The van der Waals surface area contributed by atoms with Crippen LogP contribution in [0.1, 0.15) is 24.0 Å². The van der Waals surface area contributed by atoms with Crippen molar-refractivity contribution < 1.29 is 4.79 Å². The number of amides is 1. The summed E-state index contributed by atoms with van der Waals surface area (Å²) in [5, 5.41) is 4.06. The lowest BCUT2D eigenvalue weighted by atomic mass is 9.90. The molecule has 4 nitrogen and oxygen atoms in total. The average Bonchev–Trinajstić information content (AvgIpc) is 3.03. The average molecular weight is 316 g/mol. The second kappa shape index (κ2) is 6.92. The van der Waals surface area contributed by atoms with Gasteiger partial charge in [0.25, 0.3) is 0 Å². The van der Waals surface area contributed by atoms with E-state index in [0.29, 0.717) is 12.3 Å². The van der Waals surface area contributed by atoms with Gasteiger partial charge in [0, 0.05) is 25.4 Å². The van der Waals surface area contributed by atoms with Crippen molar-refractivity contribution in [3.63, 3.8) is 0 Å². The third kappa shape index (κ3) is 3.85. The molecule has 1 aliphatic heterocycles. The van der Waals surface area contributed by atoms with E-state index in [4.69, 9.17) is 0 Å². The van der Waals surface area contributed by atoms with Gasteiger partial charge >= 0.3 is 0 Å². The maximum Gasteiger partial charge on any atom is 0.247 e. The SMILES string of the molecule is O=C(Cc1ccsc1)N1CCC(Cc2ccc(=O)[nH]c2)CC1. The molecule has 3 rings (SSSR count). The van der Waals surface area contributed by atoms with Crippen LogP contribution in [0.5, 0.6) is 0 Å². The van der Waals surface area contributed by atoms with Gasteiger partial charge < -0.3 is 9.88 Å². The molecule has 1 amide bonds. The summed E-state index contributed by atoms with van der Waals surface area (Å²) in [5.41, 5.74) is 2.23. The zero-order valence-electron chi connectivity index (χ0n) is 12.5. The highest BCUT2D eigenvalue weighted by molar-refractivity contribution is 7.07. The molecule has 2 aromatic rings. The van der Waals surface area contributed by atoms with Crippen LogP contribution in [0.25, 0.3) is 0 Å². The highest BCUT2D eigenvalue weighted by Crippen LogP contribution is 2.22. The van der Waals surface area contributed by atoms with Gasteiger partial charge in [0.1, 0.15) is 0 Å². The van der Waals surface area contributed by atoms with Crippen molar-refractivity contribution in [1.29, 1.82) is 0 Å². The van der Waals surface area contributed by atoms with Crippen LogP contribution in [-0.4, -0.2) is 28.9 Å². The Morgan fingerprint density at radius 3 is 2.68 bits per heavy atom. The van der Waals surface area contributed by atoms with E-state index in [1.165, 1.54) is 5.56 Å². The Morgan fingerprint density at radius 2 is 2.05 bits per heavy atom. The molecule has 0 spiro atoms. The number of thiophene rings is 1. The molecule has 1 aliphatic rings. The molecule has 5 heteroatoms. The molecule has 0 atom stereocenters. The molecule has 0 aromatic carbocycles. The van der Waals surface area contributed by atoms with Gasteiger partial charge in [-0.05, 0) is 53.1 Å². The number of carbonyl (C=O) groups is 1. The minimum Gasteiger partial charge on any atom is -0.342 e. The zero-order valence-corrected chi connectivity index (χ0v) is 13.3. The Bertz CT molecular complexity index is 650. The van der Waals surface area contributed by atoms with Gasteiger partial charge in [0.05, 0.1) is 6.42 Å². The predicted molar refractivity (Wildman–Crippen MR) is 88.1 cm³/mol. The number of nitrogens with one attached hydrogen (secondary N) is 1. The fourth-order valence-corrected chi connectivity index (χ4v) is 3.64. The van der Waals surface area contributed by atoms with Crippen molar-refractivity contribution in [1.82, 2.24) is 9.88 Å². The Kier molecular flexibility index (Phi) is 4.73. The lowest BCUT2D eigenvalue weighted by molar-refractivity contribution is -0.131. The molecule has 3 heterocycles. The number of nitrogens with zero attached hydrogens (tertiary/aromatic N) is 1. The molecule has 1 saturated heterocycles. The van der Waals surface area contributed by atoms with Crippen LogP contribution in [0.4, 0.5) is 0 Å². The fourth-order valence-electron chi connectivity index (χ4n) is 2.97. The van der Waals surface area contributed by atoms with Crippen molar-refractivity contribution in [2.45, 2.75) is 25.7 Å². The number of pyridine rings is 1. The van der Waals surface area contributed by atoms with E-state index >= 15 is 0 Å². The fraction of sp³-hybridized carbons (Fsp3) is 0.412. The third-order valence-corrected chi connectivity index (χ3v) is 5.01. The number of piperidine rings is 1. The van der Waals surface area contributed by atoms with E-state index < -0.39 is 0 Å². The molecule has 0 bridgehead atoms. The van der Waals surface area contributed by atoms with Gasteiger partial charge in [0.2, 0.25) is 11.5 Å². The molecule has 0 aliphatic carbocycles. The van der Waals surface area contributed by atoms with E-state index in [1.807, 2.05) is 27.8 Å². The van der Waals surface area contributed by atoms with Gasteiger partial charge in [-0.2, -0.15) is 11.3 Å². The normalized spacial score (nSPS) is 15.9. The molecular weight excluding hydrogens is 296 g/mol. The van der Waals surface area contributed by atoms with Crippen LogP contribution in [-0.2, 0) is 17.6 Å². The van der Waals surface area contributed by atoms with Gasteiger partial charge in [0.15, 0.2) is 0 Å². The summed E-state index contributed by atoms with van der Waals surface area (Å²) in [5.74, 6) is 0.831. The molecule has 2 aromatic heterocycles. The van der Waals surface area contributed by atoms with Gasteiger partial charge in [-0.1, -0.05) is 6.07 Å². The number of aromatic amines is 1. The number of hydrogen-bond acceptors (Lipinski definition) is 3. The van der Waals surface area contributed by atoms with Crippen LogP contribution in [0.3, 0.4) is 0 Å². The summed E-state index contributed by atoms with van der Waals surface area (Å²) in [6.45, 7) is 1.69. The van der Waals surface area contributed by atoms with Crippen LogP contribution in [0.15, 0.2) is 40.0 Å². The van der Waals surface area contributed by atoms with Crippen LogP contribution >= 0.6 is 11.3 Å². The first-order valence-electron chi connectivity index (χ1n) is 7.67. The van der Waals surface area contributed by atoms with Crippen molar-refractivity contribution in [2.24, 2.45) is 5.92 Å². The number of H-pyrrole nitrogens is 1. The summed E-state index contributed by atoms with van der Waals surface area (Å²) >= 11 is 1.63. The van der Waals surface area contributed by atoms with E-state index in [-0.39, 0.29) is 11.5 Å². The first kappa shape index (κ1) is 15.0. The summed E-state index contributed by atoms with van der Waals surface area (Å²) in [6.07, 6.45) is 5.37.